The Balaban J connectivity index is 1.75. The van der Waals surface area contributed by atoms with E-state index >= 15 is 0 Å². The summed E-state index contributed by atoms with van der Waals surface area (Å²) in [4.78, 5) is 25.7. The summed E-state index contributed by atoms with van der Waals surface area (Å²) in [6, 6.07) is 16.3. The van der Waals surface area contributed by atoms with Gasteiger partial charge in [0.05, 0.1) is 14.2 Å². The molecule has 1 N–H and O–H groups in total. The molecule has 0 saturated carbocycles. The van der Waals surface area contributed by atoms with Gasteiger partial charge in [0.2, 0.25) is 0 Å². The van der Waals surface area contributed by atoms with Crippen molar-refractivity contribution in [2.75, 3.05) is 6.61 Å². The van der Waals surface area contributed by atoms with Crippen molar-refractivity contribution in [2.24, 2.45) is 0 Å². The number of aryl methyl sites for hydroxylation is 1. The summed E-state index contributed by atoms with van der Waals surface area (Å²) in [6.07, 6.45) is 3.84. The second kappa shape index (κ2) is 12.1. The molecule has 34 heavy (non-hydrogen) atoms. The molecule has 1 heterocycles. The Hall–Kier alpha value is -3.54. The van der Waals surface area contributed by atoms with Gasteiger partial charge < -0.3 is 19.2 Å². The van der Waals surface area contributed by atoms with Crippen LogP contribution in [-0.4, -0.2) is 34.5 Å². The number of carboxylic acid groups (broad SMARTS) is 1. The Morgan fingerprint density at radius 1 is 1.09 bits per heavy atom. The Labute approximate surface area is 202 Å². The Morgan fingerprint density at radius 2 is 1.85 bits per heavy atom. The number of furan rings is 1. The maximum atomic E-state index is 13.5. The van der Waals surface area contributed by atoms with E-state index in [1.165, 1.54) is 0 Å². The summed E-state index contributed by atoms with van der Waals surface area (Å²) in [6.45, 7) is 5.21. The fourth-order valence-electron chi connectivity index (χ4n) is 3.60. The predicted octanol–water partition coefficient (Wildman–Crippen LogP) is 6.33. The van der Waals surface area contributed by atoms with Gasteiger partial charge >= 0.3 is 5.97 Å². The number of rotatable bonds is 12. The molecule has 0 aliphatic heterocycles. The summed E-state index contributed by atoms with van der Waals surface area (Å²) >= 11 is 0. The van der Waals surface area contributed by atoms with Crippen molar-refractivity contribution in [2.45, 2.75) is 59.0 Å². The monoisotopic (exact) mass is 464 g/mol. The van der Waals surface area contributed by atoms with Crippen LogP contribution >= 0.6 is 0 Å². The zero-order valence-electron chi connectivity index (χ0n) is 21.0. The molecule has 3 rings (SSSR count). The summed E-state index contributed by atoms with van der Waals surface area (Å²) in [5.41, 5.74) is 2.98. The molecule has 1 unspecified atom stereocenters. The number of carbonyl (C=O) groups excluding carboxylic acids is 1. The number of benzene rings is 2. The van der Waals surface area contributed by atoms with Crippen molar-refractivity contribution in [3.63, 3.8) is 0 Å². The Bertz CT molecular complexity index is 1110. The average molecular weight is 465 g/mol. The van der Waals surface area contributed by atoms with E-state index in [4.69, 9.17) is 15.6 Å². The van der Waals surface area contributed by atoms with Gasteiger partial charge in [-0.1, -0.05) is 29.8 Å². The third-order valence-corrected chi connectivity index (χ3v) is 5.46. The summed E-state index contributed by atoms with van der Waals surface area (Å²) in [7, 11) is 0. The van der Waals surface area contributed by atoms with E-state index in [0.717, 1.165) is 29.7 Å². The number of carbonyl (C=O) groups is 2. The zero-order valence-corrected chi connectivity index (χ0v) is 20.0. The molecular weight excluding hydrogens is 430 g/mol. The van der Waals surface area contributed by atoms with E-state index in [2.05, 4.69) is 0 Å². The van der Waals surface area contributed by atoms with Gasteiger partial charge in [-0.05, 0) is 70.4 Å². The lowest BCUT2D eigenvalue weighted by Crippen LogP contribution is -2.36. The Morgan fingerprint density at radius 3 is 2.50 bits per heavy atom. The molecule has 180 valence electrons. The first-order chi connectivity index (χ1) is 16.8. The molecule has 0 aliphatic rings. The van der Waals surface area contributed by atoms with E-state index in [0.29, 0.717) is 29.9 Å². The van der Waals surface area contributed by atoms with Crippen molar-refractivity contribution in [1.82, 2.24) is 4.90 Å². The maximum absolute atomic E-state index is 13.5. The topological polar surface area (TPSA) is 80.0 Å². The molecule has 0 fully saturated rings. The third kappa shape index (κ3) is 6.98. The molecule has 2 aromatic carbocycles. The molecule has 0 bridgehead atoms. The highest BCUT2D eigenvalue weighted by atomic mass is 16.5. The summed E-state index contributed by atoms with van der Waals surface area (Å²) < 4.78 is 20.4. The Kier molecular flexibility index (Phi) is 8.38. The quantitative estimate of drug-likeness (QED) is 0.317. The van der Waals surface area contributed by atoms with Gasteiger partial charge in [0.25, 0.3) is 5.91 Å². The number of carboxylic acids is 1. The van der Waals surface area contributed by atoms with Gasteiger partial charge in [0.1, 0.15) is 11.5 Å². The summed E-state index contributed by atoms with van der Waals surface area (Å²) in [5.74, 6) is 0.276. The normalized spacial score (nSPS) is 12.3. The van der Waals surface area contributed by atoms with E-state index in [-0.39, 0.29) is 18.4 Å². The molecular formula is C28H33NO5. The average Bonchev–Trinajstić information content (AvgIpc) is 3.37. The molecule has 3 aromatic rings. The van der Waals surface area contributed by atoms with Gasteiger partial charge in [-0.15, -0.1) is 0 Å². The number of nitrogens with zero attached hydrogens (tertiary/aromatic N) is 1. The predicted molar refractivity (Wildman–Crippen MR) is 132 cm³/mol. The molecule has 1 amide bonds. The van der Waals surface area contributed by atoms with E-state index in [1.54, 1.807) is 23.3 Å². The van der Waals surface area contributed by atoms with Crippen LogP contribution in [0.5, 0.6) is 5.75 Å². The van der Waals surface area contributed by atoms with Gasteiger partial charge in [-0.3, -0.25) is 9.59 Å². The number of hydrogen-bond acceptors (Lipinski definition) is 4. The largest absolute Gasteiger partial charge is 0.493 e. The molecule has 0 aliphatic carbocycles. The van der Waals surface area contributed by atoms with E-state index in [1.807, 2.05) is 63.2 Å². The highest BCUT2D eigenvalue weighted by molar-refractivity contribution is 5.94. The summed E-state index contributed by atoms with van der Waals surface area (Å²) in [5, 5.41) is 8.76. The van der Waals surface area contributed by atoms with Crippen molar-refractivity contribution in [3.05, 3.63) is 77.6 Å². The molecule has 0 radical (unpaired) electrons. The van der Waals surface area contributed by atoms with Crippen LogP contribution in [0.2, 0.25) is 0 Å². The highest BCUT2D eigenvalue weighted by Gasteiger charge is 2.21. The molecule has 1 atom stereocenters. The second-order valence-corrected chi connectivity index (χ2v) is 8.58. The minimum absolute atomic E-state index is 0.151. The standard InChI is InChI=1S/C28H33NO5/c1-20(2)29(28(32)23-13-11-22(12-14-23)25-8-7-17-34-25)19-24-18-21(3)10-15-26(24)33-16-6-4-5-9-27(30)31/h7-8,10-15,17-18,20H,4-6,9,16,19H2,1-3H3,(H,30,31)/i19D. The first kappa shape index (κ1) is 23.6. The first-order valence-corrected chi connectivity index (χ1v) is 11.6. The van der Waals surface area contributed by atoms with Crippen LogP contribution in [0.15, 0.2) is 65.3 Å². The van der Waals surface area contributed by atoms with Crippen molar-refractivity contribution >= 4 is 11.9 Å². The first-order valence-electron chi connectivity index (χ1n) is 12.2. The minimum atomic E-state index is -0.950. The van der Waals surface area contributed by atoms with Gasteiger partial charge in [0, 0.05) is 35.7 Å². The third-order valence-electron chi connectivity index (χ3n) is 5.46. The fourth-order valence-corrected chi connectivity index (χ4v) is 3.60. The van der Waals surface area contributed by atoms with Gasteiger partial charge in [0.15, 0.2) is 0 Å². The fraction of sp³-hybridized carbons (Fsp3) is 0.357. The lowest BCUT2D eigenvalue weighted by Gasteiger charge is -2.28. The number of unbranched alkanes of at least 4 members (excludes halogenated alkanes) is 2. The minimum Gasteiger partial charge on any atom is -0.493 e. The lowest BCUT2D eigenvalue weighted by molar-refractivity contribution is -0.137. The number of ether oxygens (including phenoxy) is 1. The molecule has 0 saturated heterocycles. The SMILES string of the molecule is [2H]C(c1cc(C)ccc1OCCCCCC(=O)O)N(C(=O)c1ccc(-c2ccco2)cc1)C(C)C. The van der Waals surface area contributed by atoms with Gasteiger partial charge in [-0.25, -0.2) is 0 Å². The van der Waals surface area contributed by atoms with Crippen molar-refractivity contribution in [3.8, 4) is 17.1 Å². The number of hydrogen-bond donors (Lipinski definition) is 1. The second-order valence-electron chi connectivity index (χ2n) is 8.58. The van der Waals surface area contributed by atoms with Crippen LogP contribution in [0.25, 0.3) is 11.3 Å². The lowest BCUT2D eigenvalue weighted by atomic mass is 10.1. The van der Waals surface area contributed by atoms with E-state index < -0.39 is 12.5 Å². The van der Waals surface area contributed by atoms with Crippen LogP contribution in [0.4, 0.5) is 0 Å². The van der Waals surface area contributed by atoms with E-state index in [9.17, 15) is 9.59 Å². The zero-order chi connectivity index (χ0) is 25.4. The molecule has 6 heteroatoms. The molecule has 1 aromatic heterocycles. The number of aliphatic carboxylic acids is 1. The van der Waals surface area contributed by atoms with Gasteiger partial charge in [-0.2, -0.15) is 0 Å². The number of amides is 1. The van der Waals surface area contributed by atoms with Crippen LogP contribution < -0.4 is 4.74 Å². The molecule has 6 nitrogen and oxygen atoms in total. The van der Waals surface area contributed by atoms with Crippen LogP contribution in [0.3, 0.4) is 0 Å². The maximum Gasteiger partial charge on any atom is 0.303 e. The van der Waals surface area contributed by atoms with Crippen molar-refractivity contribution in [1.29, 1.82) is 0 Å². The van der Waals surface area contributed by atoms with Crippen LogP contribution in [0, 0.1) is 6.92 Å². The van der Waals surface area contributed by atoms with Crippen molar-refractivity contribution < 1.29 is 25.2 Å². The van der Waals surface area contributed by atoms with Crippen LogP contribution in [-0.2, 0) is 11.3 Å². The van der Waals surface area contributed by atoms with Crippen LogP contribution in [0.1, 0.15) is 62.4 Å². The smallest absolute Gasteiger partial charge is 0.303 e. The highest BCUT2D eigenvalue weighted by Crippen LogP contribution is 2.25. The molecule has 0 spiro atoms.